The maximum Gasteiger partial charge on any atom is 0.418 e. The number of nitrogens with one attached hydrogen (secondary N) is 1. The number of carbonyl (C=O) groups is 2. The van der Waals surface area contributed by atoms with Crippen molar-refractivity contribution in [2.24, 2.45) is 0 Å². The Labute approximate surface area is 214 Å². The maximum atomic E-state index is 13.8. The Morgan fingerprint density at radius 3 is 2.29 bits per heavy atom. The molecule has 4 aromatic rings. The number of alkyl halides is 3. The van der Waals surface area contributed by atoms with Crippen LogP contribution in [0.2, 0.25) is 0 Å². The number of fused-ring (bicyclic) bond motifs is 1. The molecule has 0 spiro atoms. The molecule has 2 aromatic carbocycles. The SMILES string of the molecule is CC1(C)C(=O)N(c2ncccn2)c2cccc(-c3ccc(C(F)(F)F)c(C(=O)Nc4ccc(F)cc4)n3)c21. The van der Waals surface area contributed by atoms with E-state index in [2.05, 4.69) is 20.3 Å². The summed E-state index contributed by atoms with van der Waals surface area (Å²) in [5, 5.41) is 2.33. The van der Waals surface area contributed by atoms with Gasteiger partial charge in [0.1, 0.15) is 11.5 Å². The number of nitrogens with zero attached hydrogens (tertiary/aromatic N) is 4. The highest BCUT2D eigenvalue weighted by Crippen LogP contribution is 2.48. The number of benzene rings is 2. The number of aromatic nitrogens is 3. The molecule has 1 N–H and O–H groups in total. The van der Waals surface area contributed by atoms with Crippen LogP contribution in [0.15, 0.2) is 73.1 Å². The zero-order valence-corrected chi connectivity index (χ0v) is 20.0. The van der Waals surface area contributed by atoms with Crippen molar-refractivity contribution in [2.75, 3.05) is 10.2 Å². The zero-order chi connectivity index (χ0) is 27.2. The largest absolute Gasteiger partial charge is 0.418 e. The molecule has 0 saturated carbocycles. The van der Waals surface area contributed by atoms with E-state index >= 15 is 0 Å². The molecule has 0 fully saturated rings. The van der Waals surface area contributed by atoms with E-state index < -0.39 is 34.6 Å². The lowest BCUT2D eigenvalue weighted by Gasteiger charge is -2.20. The molecule has 38 heavy (non-hydrogen) atoms. The van der Waals surface area contributed by atoms with Gasteiger partial charge in [-0.05, 0) is 62.4 Å². The van der Waals surface area contributed by atoms with Gasteiger partial charge in [0.05, 0.1) is 22.4 Å². The lowest BCUT2D eigenvalue weighted by Crippen LogP contribution is -2.34. The number of amides is 2. The first kappa shape index (κ1) is 25.0. The molecule has 3 heterocycles. The number of rotatable bonds is 4. The second-order valence-electron chi connectivity index (χ2n) is 9.07. The Hall–Kier alpha value is -4.67. The number of carbonyl (C=O) groups excluding carboxylic acids is 2. The first-order valence-electron chi connectivity index (χ1n) is 11.4. The molecule has 0 radical (unpaired) electrons. The Balaban J connectivity index is 1.64. The minimum absolute atomic E-state index is 0.0656. The Kier molecular flexibility index (Phi) is 5.93. The fourth-order valence-electron chi connectivity index (χ4n) is 4.43. The molecule has 11 heteroatoms. The number of hydrogen-bond donors (Lipinski definition) is 1. The molecule has 0 atom stereocenters. The quantitative estimate of drug-likeness (QED) is 0.338. The van der Waals surface area contributed by atoms with E-state index in [4.69, 9.17) is 0 Å². The van der Waals surface area contributed by atoms with Crippen LogP contribution in [0.1, 0.15) is 35.5 Å². The van der Waals surface area contributed by atoms with Crippen LogP contribution in [0.4, 0.5) is 34.9 Å². The van der Waals surface area contributed by atoms with Crippen molar-refractivity contribution in [2.45, 2.75) is 25.4 Å². The predicted molar refractivity (Wildman–Crippen MR) is 131 cm³/mol. The summed E-state index contributed by atoms with van der Waals surface area (Å²) in [5.41, 5.74) is -1.68. The summed E-state index contributed by atoms with van der Waals surface area (Å²) >= 11 is 0. The average Bonchev–Trinajstić information content (AvgIpc) is 3.10. The Morgan fingerprint density at radius 2 is 1.63 bits per heavy atom. The molecule has 2 aromatic heterocycles. The van der Waals surface area contributed by atoms with E-state index in [1.807, 2.05) is 0 Å². The summed E-state index contributed by atoms with van der Waals surface area (Å²) in [6.07, 6.45) is -1.88. The first-order chi connectivity index (χ1) is 18.0. The minimum Gasteiger partial charge on any atom is -0.321 e. The first-order valence-corrected chi connectivity index (χ1v) is 11.4. The average molecular weight is 521 g/mol. The molecule has 2 amide bonds. The molecule has 7 nitrogen and oxygen atoms in total. The number of halogens is 4. The third-order valence-corrected chi connectivity index (χ3v) is 6.19. The smallest absolute Gasteiger partial charge is 0.321 e. The third kappa shape index (κ3) is 4.25. The van der Waals surface area contributed by atoms with Gasteiger partial charge in [0, 0.05) is 29.2 Å². The topological polar surface area (TPSA) is 88.1 Å². The van der Waals surface area contributed by atoms with Crippen molar-refractivity contribution in [3.8, 4) is 11.3 Å². The zero-order valence-electron chi connectivity index (χ0n) is 20.0. The predicted octanol–water partition coefficient (Wildman–Crippen LogP) is 5.90. The van der Waals surface area contributed by atoms with Gasteiger partial charge in [-0.1, -0.05) is 12.1 Å². The van der Waals surface area contributed by atoms with E-state index in [9.17, 15) is 27.2 Å². The number of anilines is 3. The van der Waals surface area contributed by atoms with Crippen molar-refractivity contribution in [1.29, 1.82) is 0 Å². The monoisotopic (exact) mass is 521 g/mol. The van der Waals surface area contributed by atoms with E-state index in [0.29, 0.717) is 16.8 Å². The van der Waals surface area contributed by atoms with E-state index in [0.717, 1.165) is 24.3 Å². The summed E-state index contributed by atoms with van der Waals surface area (Å²) in [7, 11) is 0. The molecule has 0 bridgehead atoms. The lowest BCUT2D eigenvalue weighted by molar-refractivity contribution is -0.138. The third-order valence-electron chi connectivity index (χ3n) is 6.19. The maximum absolute atomic E-state index is 13.8. The highest BCUT2D eigenvalue weighted by molar-refractivity contribution is 6.13. The molecule has 0 unspecified atom stereocenters. The van der Waals surface area contributed by atoms with Crippen molar-refractivity contribution < 1.29 is 27.2 Å². The van der Waals surface area contributed by atoms with Gasteiger partial charge in [0.25, 0.3) is 5.91 Å². The molecule has 192 valence electrons. The summed E-state index contributed by atoms with van der Waals surface area (Å²) < 4.78 is 54.7. The highest BCUT2D eigenvalue weighted by atomic mass is 19.4. The number of pyridine rings is 1. The van der Waals surface area contributed by atoms with Crippen LogP contribution in [-0.2, 0) is 16.4 Å². The number of hydrogen-bond acceptors (Lipinski definition) is 5. The van der Waals surface area contributed by atoms with Crippen molar-refractivity contribution >= 4 is 29.1 Å². The fourth-order valence-corrected chi connectivity index (χ4v) is 4.43. The van der Waals surface area contributed by atoms with Crippen molar-refractivity contribution in [1.82, 2.24) is 15.0 Å². The summed E-state index contributed by atoms with van der Waals surface area (Å²) in [4.78, 5) is 40.2. The lowest BCUT2D eigenvalue weighted by atomic mass is 9.82. The molecular weight excluding hydrogens is 502 g/mol. The van der Waals surface area contributed by atoms with E-state index in [1.54, 1.807) is 38.1 Å². The standard InChI is InChI=1S/C27H19F4N5O2/c1-26(2)21-17(5-3-6-20(21)36(24(26)38)25-32-13-4-14-33-25)19-12-11-18(27(29,30)31)22(35-19)23(37)34-16-9-7-15(28)8-10-16/h3-14H,1-2H3,(H,34,37). The van der Waals surface area contributed by atoms with Gasteiger partial charge in [0.15, 0.2) is 0 Å². The summed E-state index contributed by atoms with van der Waals surface area (Å²) in [5.74, 6) is -1.86. The van der Waals surface area contributed by atoms with Crippen LogP contribution in [0.25, 0.3) is 11.3 Å². The van der Waals surface area contributed by atoms with Gasteiger partial charge in [-0.25, -0.2) is 24.2 Å². The Bertz CT molecular complexity index is 1550. The van der Waals surface area contributed by atoms with Crippen LogP contribution >= 0.6 is 0 Å². The van der Waals surface area contributed by atoms with Gasteiger partial charge in [-0.2, -0.15) is 13.2 Å². The van der Waals surface area contributed by atoms with Crippen LogP contribution in [0.5, 0.6) is 0 Å². The van der Waals surface area contributed by atoms with Crippen LogP contribution in [-0.4, -0.2) is 26.8 Å². The molecule has 1 aliphatic heterocycles. The second kappa shape index (κ2) is 9.02. The van der Waals surface area contributed by atoms with Crippen LogP contribution in [0, 0.1) is 5.82 Å². The van der Waals surface area contributed by atoms with E-state index in [-0.39, 0.29) is 23.2 Å². The molecule has 1 aliphatic rings. The van der Waals surface area contributed by atoms with Gasteiger partial charge >= 0.3 is 6.18 Å². The molecule has 0 aliphatic carbocycles. The molecule has 0 saturated heterocycles. The van der Waals surface area contributed by atoms with Gasteiger partial charge in [-0.15, -0.1) is 0 Å². The van der Waals surface area contributed by atoms with Crippen molar-refractivity contribution in [3.63, 3.8) is 0 Å². The fraction of sp³-hybridized carbons (Fsp3) is 0.148. The van der Waals surface area contributed by atoms with E-state index in [1.165, 1.54) is 29.4 Å². The Morgan fingerprint density at radius 1 is 0.947 bits per heavy atom. The summed E-state index contributed by atoms with van der Waals surface area (Å²) in [6.45, 7) is 3.37. The van der Waals surface area contributed by atoms with Crippen LogP contribution in [0.3, 0.4) is 0 Å². The molecule has 5 rings (SSSR count). The minimum atomic E-state index is -4.86. The van der Waals surface area contributed by atoms with Gasteiger partial charge in [0.2, 0.25) is 11.9 Å². The van der Waals surface area contributed by atoms with Crippen LogP contribution < -0.4 is 10.2 Å². The second-order valence-corrected chi connectivity index (χ2v) is 9.07. The van der Waals surface area contributed by atoms with Crippen molar-refractivity contribution in [3.05, 3.63) is 95.7 Å². The highest BCUT2D eigenvalue weighted by Gasteiger charge is 2.47. The normalized spacial score (nSPS) is 14.4. The van der Waals surface area contributed by atoms with Gasteiger partial charge in [-0.3, -0.25) is 9.59 Å². The summed E-state index contributed by atoms with van der Waals surface area (Å²) in [6, 6.07) is 13.1. The van der Waals surface area contributed by atoms with Gasteiger partial charge < -0.3 is 5.32 Å². The molecular formula is C27H19F4N5O2.